The highest BCUT2D eigenvalue weighted by Gasteiger charge is 2.17. The second-order valence-electron chi connectivity index (χ2n) is 4.44. The van der Waals surface area contributed by atoms with E-state index < -0.39 is 0 Å². The molecule has 1 aromatic rings. The topological polar surface area (TPSA) is 43.8 Å². The Morgan fingerprint density at radius 1 is 1.38 bits per heavy atom. The number of aromatic nitrogens is 2. The molecule has 1 heterocycles. The van der Waals surface area contributed by atoms with Crippen LogP contribution in [0, 0.1) is 13.8 Å². The third kappa shape index (κ3) is 2.31. The van der Waals surface area contributed by atoms with Crippen molar-refractivity contribution >= 4 is 0 Å². The average Bonchev–Trinajstić information content (AvgIpc) is 2.14. The van der Waals surface area contributed by atoms with E-state index in [1.54, 1.807) is 0 Å². The SMILES string of the molecule is Cc1nn(C)c(C)c1CC(C)(C)N. The van der Waals surface area contributed by atoms with Crippen LogP contribution in [-0.4, -0.2) is 15.3 Å². The van der Waals surface area contributed by atoms with Crippen molar-refractivity contribution in [2.45, 2.75) is 39.7 Å². The highest BCUT2D eigenvalue weighted by molar-refractivity contribution is 5.26. The molecule has 0 amide bonds. The number of hydrogen-bond donors (Lipinski definition) is 1. The van der Waals surface area contributed by atoms with E-state index in [1.165, 1.54) is 11.3 Å². The Morgan fingerprint density at radius 2 is 1.92 bits per heavy atom. The first-order valence-electron chi connectivity index (χ1n) is 4.59. The summed E-state index contributed by atoms with van der Waals surface area (Å²) in [6.45, 7) is 8.20. The molecule has 0 aliphatic rings. The van der Waals surface area contributed by atoms with Gasteiger partial charge in [-0.05, 0) is 39.7 Å². The molecule has 1 rings (SSSR count). The summed E-state index contributed by atoms with van der Waals surface area (Å²) in [5.41, 5.74) is 9.42. The highest BCUT2D eigenvalue weighted by Crippen LogP contribution is 2.17. The van der Waals surface area contributed by atoms with Crippen LogP contribution in [-0.2, 0) is 13.5 Å². The zero-order valence-electron chi connectivity index (χ0n) is 9.18. The van der Waals surface area contributed by atoms with Gasteiger partial charge in [-0.3, -0.25) is 4.68 Å². The summed E-state index contributed by atoms with van der Waals surface area (Å²) in [5.74, 6) is 0. The summed E-state index contributed by atoms with van der Waals surface area (Å²) in [4.78, 5) is 0. The highest BCUT2D eigenvalue weighted by atomic mass is 15.3. The molecule has 0 unspecified atom stereocenters. The minimum Gasteiger partial charge on any atom is -0.325 e. The van der Waals surface area contributed by atoms with Crippen molar-refractivity contribution in [3.8, 4) is 0 Å². The van der Waals surface area contributed by atoms with Gasteiger partial charge in [0.25, 0.3) is 0 Å². The molecule has 3 heteroatoms. The first kappa shape index (κ1) is 10.3. The van der Waals surface area contributed by atoms with Gasteiger partial charge in [-0.15, -0.1) is 0 Å². The number of nitrogens with two attached hydrogens (primary N) is 1. The molecule has 0 bridgehead atoms. The quantitative estimate of drug-likeness (QED) is 0.747. The Morgan fingerprint density at radius 3 is 2.23 bits per heavy atom. The van der Waals surface area contributed by atoms with Gasteiger partial charge in [0.05, 0.1) is 5.69 Å². The molecule has 1 aromatic heterocycles. The van der Waals surface area contributed by atoms with E-state index in [-0.39, 0.29) is 5.54 Å². The Hall–Kier alpha value is -0.830. The van der Waals surface area contributed by atoms with Crippen LogP contribution in [0.2, 0.25) is 0 Å². The van der Waals surface area contributed by atoms with E-state index in [0.29, 0.717) is 0 Å². The lowest BCUT2D eigenvalue weighted by molar-refractivity contribution is 0.514. The van der Waals surface area contributed by atoms with Crippen molar-refractivity contribution in [3.05, 3.63) is 17.0 Å². The van der Waals surface area contributed by atoms with Gasteiger partial charge in [0.15, 0.2) is 0 Å². The molecule has 0 radical (unpaired) electrons. The van der Waals surface area contributed by atoms with Gasteiger partial charge in [-0.2, -0.15) is 5.10 Å². The van der Waals surface area contributed by atoms with Gasteiger partial charge in [0, 0.05) is 18.3 Å². The number of hydrogen-bond acceptors (Lipinski definition) is 2. The van der Waals surface area contributed by atoms with Crippen LogP contribution < -0.4 is 5.73 Å². The summed E-state index contributed by atoms with van der Waals surface area (Å²) in [5, 5.41) is 4.36. The molecule has 0 atom stereocenters. The number of rotatable bonds is 2. The van der Waals surface area contributed by atoms with Crippen LogP contribution in [0.5, 0.6) is 0 Å². The summed E-state index contributed by atoms with van der Waals surface area (Å²) in [6, 6.07) is 0. The summed E-state index contributed by atoms with van der Waals surface area (Å²) < 4.78 is 1.91. The predicted octanol–water partition coefficient (Wildman–Crippen LogP) is 1.32. The van der Waals surface area contributed by atoms with E-state index in [4.69, 9.17) is 5.73 Å². The van der Waals surface area contributed by atoms with Crippen molar-refractivity contribution in [3.63, 3.8) is 0 Å². The second-order valence-corrected chi connectivity index (χ2v) is 4.44. The van der Waals surface area contributed by atoms with Gasteiger partial charge in [-0.1, -0.05) is 0 Å². The van der Waals surface area contributed by atoms with Crippen LogP contribution in [0.25, 0.3) is 0 Å². The lowest BCUT2D eigenvalue weighted by Gasteiger charge is -2.18. The van der Waals surface area contributed by atoms with E-state index in [0.717, 1.165) is 12.1 Å². The van der Waals surface area contributed by atoms with Gasteiger partial charge >= 0.3 is 0 Å². The lowest BCUT2D eigenvalue weighted by Crippen LogP contribution is -2.34. The maximum absolute atomic E-state index is 5.98. The van der Waals surface area contributed by atoms with Crippen molar-refractivity contribution in [1.82, 2.24) is 9.78 Å². The summed E-state index contributed by atoms with van der Waals surface area (Å²) in [7, 11) is 1.97. The van der Waals surface area contributed by atoms with Crippen molar-refractivity contribution in [2.24, 2.45) is 12.8 Å². The lowest BCUT2D eigenvalue weighted by atomic mass is 9.95. The predicted molar refractivity (Wildman–Crippen MR) is 54.7 cm³/mol. The van der Waals surface area contributed by atoms with Gasteiger partial charge in [-0.25, -0.2) is 0 Å². The Bertz CT molecular complexity index is 305. The van der Waals surface area contributed by atoms with Crippen LogP contribution in [0.3, 0.4) is 0 Å². The minimum atomic E-state index is -0.154. The fraction of sp³-hybridized carbons (Fsp3) is 0.700. The maximum Gasteiger partial charge on any atom is 0.0629 e. The first-order chi connectivity index (χ1) is 5.81. The average molecular weight is 181 g/mol. The zero-order chi connectivity index (χ0) is 10.2. The molecular weight excluding hydrogens is 162 g/mol. The van der Waals surface area contributed by atoms with Crippen LogP contribution >= 0.6 is 0 Å². The van der Waals surface area contributed by atoms with E-state index in [9.17, 15) is 0 Å². The van der Waals surface area contributed by atoms with Gasteiger partial charge < -0.3 is 5.73 Å². The number of nitrogens with zero attached hydrogens (tertiary/aromatic N) is 2. The van der Waals surface area contributed by atoms with Crippen LogP contribution in [0.4, 0.5) is 0 Å². The van der Waals surface area contributed by atoms with Crippen molar-refractivity contribution < 1.29 is 0 Å². The normalized spacial score (nSPS) is 12.2. The number of aryl methyl sites for hydroxylation is 2. The third-order valence-corrected chi connectivity index (χ3v) is 2.29. The minimum absolute atomic E-state index is 0.154. The smallest absolute Gasteiger partial charge is 0.0629 e. The molecule has 0 aromatic carbocycles. The third-order valence-electron chi connectivity index (χ3n) is 2.29. The monoisotopic (exact) mass is 181 g/mol. The van der Waals surface area contributed by atoms with E-state index in [1.807, 2.05) is 32.5 Å². The van der Waals surface area contributed by atoms with Gasteiger partial charge in [0.1, 0.15) is 0 Å². The Labute approximate surface area is 79.9 Å². The summed E-state index contributed by atoms with van der Waals surface area (Å²) >= 11 is 0. The summed E-state index contributed by atoms with van der Waals surface area (Å²) in [6.07, 6.45) is 0.887. The fourth-order valence-electron chi connectivity index (χ4n) is 1.53. The molecule has 0 aliphatic carbocycles. The molecule has 0 saturated carbocycles. The molecule has 0 aliphatic heterocycles. The Kier molecular flexibility index (Phi) is 2.48. The van der Waals surface area contributed by atoms with E-state index >= 15 is 0 Å². The zero-order valence-corrected chi connectivity index (χ0v) is 9.18. The molecule has 74 valence electrons. The second kappa shape index (κ2) is 3.14. The van der Waals surface area contributed by atoms with Gasteiger partial charge in [0.2, 0.25) is 0 Å². The standard InChI is InChI=1S/C10H19N3/c1-7-9(6-10(3,4)11)8(2)13(5)12-7/h6,11H2,1-5H3. The molecule has 13 heavy (non-hydrogen) atoms. The molecule has 3 nitrogen and oxygen atoms in total. The molecule has 0 fully saturated rings. The molecular formula is C10H19N3. The van der Waals surface area contributed by atoms with Crippen molar-refractivity contribution in [2.75, 3.05) is 0 Å². The first-order valence-corrected chi connectivity index (χ1v) is 4.59. The van der Waals surface area contributed by atoms with Crippen molar-refractivity contribution in [1.29, 1.82) is 0 Å². The molecule has 0 spiro atoms. The maximum atomic E-state index is 5.98. The fourth-order valence-corrected chi connectivity index (χ4v) is 1.53. The Balaban J connectivity index is 3.01. The van der Waals surface area contributed by atoms with Crippen LogP contribution in [0.15, 0.2) is 0 Å². The van der Waals surface area contributed by atoms with Crippen LogP contribution in [0.1, 0.15) is 30.8 Å². The largest absolute Gasteiger partial charge is 0.325 e. The van der Waals surface area contributed by atoms with E-state index in [2.05, 4.69) is 12.0 Å². The molecule has 2 N–H and O–H groups in total. The molecule has 0 saturated heterocycles.